The lowest BCUT2D eigenvalue weighted by molar-refractivity contribution is 0.377. The highest BCUT2D eigenvalue weighted by atomic mass is 35.5. The molecule has 2 heteroatoms. The average molecular weight is 212 g/mol. The minimum absolute atomic E-state index is 0.122. The Kier molecular flexibility index (Phi) is 3.57. The first-order chi connectivity index (χ1) is 6.44. The molecule has 14 heavy (non-hydrogen) atoms. The molecule has 0 fully saturated rings. The highest BCUT2D eigenvalue weighted by Crippen LogP contribution is 2.26. The van der Waals surface area contributed by atoms with Crippen LogP contribution in [-0.4, -0.2) is 6.54 Å². The summed E-state index contributed by atoms with van der Waals surface area (Å²) in [5, 5.41) is 0.845. The fraction of sp³-hybridized carbons (Fsp3) is 0.500. The van der Waals surface area contributed by atoms with Crippen LogP contribution in [0.3, 0.4) is 0 Å². The van der Waals surface area contributed by atoms with Gasteiger partial charge in [-0.1, -0.05) is 43.1 Å². The monoisotopic (exact) mass is 211 g/mol. The van der Waals surface area contributed by atoms with Gasteiger partial charge in [0.15, 0.2) is 0 Å². The summed E-state index contributed by atoms with van der Waals surface area (Å²) in [6, 6.07) is 6.12. The zero-order chi connectivity index (χ0) is 10.8. The lowest BCUT2D eigenvalue weighted by Gasteiger charge is -2.23. The molecule has 0 aliphatic rings. The van der Waals surface area contributed by atoms with Gasteiger partial charge >= 0.3 is 0 Å². The van der Waals surface area contributed by atoms with Gasteiger partial charge in [-0.15, -0.1) is 0 Å². The molecule has 0 spiro atoms. The summed E-state index contributed by atoms with van der Waals surface area (Å²) in [5.41, 5.74) is 8.27. The van der Waals surface area contributed by atoms with Crippen LogP contribution in [0.1, 0.15) is 25.0 Å². The van der Waals surface area contributed by atoms with Crippen molar-refractivity contribution in [3.05, 3.63) is 34.3 Å². The summed E-state index contributed by atoms with van der Waals surface area (Å²) in [4.78, 5) is 0. The first-order valence-electron chi connectivity index (χ1n) is 4.90. The predicted octanol–water partition coefficient (Wildman–Crippen LogP) is 3.18. The summed E-state index contributed by atoms with van der Waals surface area (Å²) >= 11 is 6.12. The van der Waals surface area contributed by atoms with Gasteiger partial charge in [-0.2, -0.15) is 0 Å². The number of hydrogen-bond donors (Lipinski definition) is 1. The van der Waals surface area contributed by atoms with E-state index in [4.69, 9.17) is 17.3 Å². The maximum atomic E-state index is 6.12. The molecule has 1 aromatic rings. The van der Waals surface area contributed by atoms with Crippen LogP contribution in [-0.2, 0) is 6.42 Å². The zero-order valence-electron chi connectivity index (χ0n) is 9.10. The van der Waals surface area contributed by atoms with E-state index in [-0.39, 0.29) is 5.41 Å². The molecule has 0 saturated heterocycles. The van der Waals surface area contributed by atoms with Gasteiger partial charge in [0.05, 0.1) is 0 Å². The van der Waals surface area contributed by atoms with Gasteiger partial charge in [-0.25, -0.2) is 0 Å². The van der Waals surface area contributed by atoms with E-state index in [0.29, 0.717) is 6.54 Å². The summed E-state index contributed by atoms with van der Waals surface area (Å²) in [6.45, 7) is 7.07. The number of nitrogens with two attached hydrogens (primary N) is 1. The van der Waals surface area contributed by atoms with E-state index in [9.17, 15) is 0 Å². The molecule has 1 rings (SSSR count). The van der Waals surface area contributed by atoms with Crippen molar-refractivity contribution >= 4 is 11.6 Å². The van der Waals surface area contributed by atoms with Crippen LogP contribution in [0.25, 0.3) is 0 Å². The van der Waals surface area contributed by atoms with Crippen molar-refractivity contribution in [2.45, 2.75) is 27.2 Å². The van der Waals surface area contributed by atoms with Gasteiger partial charge in [0, 0.05) is 5.02 Å². The number of aryl methyl sites for hydroxylation is 1. The minimum Gasteiger partial charge on any atom is -0.330 e. The smallest absolute Gasteiger partial charge is 0.0438 e. The van der Waals surface area contributed by atoms with Gasteiger partial charge in [-0.3, -0.25) is 0 Å². The lowest BCUT2D eigenvalue weighted by atomic mass is 9.85. The van der Waals surface area contributed by atoms with Crippen molar-refractivity contribution < 1.29 is 0 Å². The largest absolute Gasteiger partial charge is 0.330 e. The highest BCUT2D eigenvalue weighted by Gasteiger charge is 2.17. The maximum absolute atomic E-state index is 6.12. The van der Waals surface area contributed by atoms with E-state index in [2.05, 4.69) is 26.8 Å². The number of halogens is 1. The zero-order valence-corrected chi connectivity index (χ0v) is 9.86. The first kappa shape index (κ1) is 11.5. The Morgan fingerprint density at radius 3 is 2.57 bits per heavy atom. The lowest BCUT2D eigenvalue weighted by Crippen LogP contribution is -2.26. The third-order valence-electron chi connectivity index (χ3n) is 2.42. The van der Waals surface area contributed by atoms with Crippen LogP contribution in [0.5, 0.6) is 0 Å². The molecule has 0 aromatic heterocycles. The summed E-state index contributed by atoms with van der Waals surface area (Å²) in [5.74, 6) is 0. The molecule has 0 aliphatic carbocycles. The van der Waals surface area contributed by atoms with E-state index >= 15 is 0 Å². The number of rotatable bonds is 3. The quantitative estimate of drug-likeness (QED) is 0.817. The van der Waals surface area contributed by atoms with Crippen LogP contribution in [0.4, 0.5) is 0 Å². The Hall–Kier alpha value is -0.530. The van der Waals surface area contributed by atoms with E-state index in [0.717, 1.165) is 11.4 Å². The van der Waals surface area contributed by atoms with E-state index in [1.165, 1.54) is 11.1 Å². The van der Waals surface area contributed by atoms with E-state index in [1.54, 1.807) is 0 Å². The van der Waals surface area contributed by atoms with Gasteiger partial charge in [0.1, 0.15) is 0 Å². The highest BCUT2D eigenvalue weighted by molar-refractivity contribution is 6.31. The van der Waals surface area contributed by atoms with E-state index < -0.39 is 0 Å². The number of hydrogen-bond acceptors (Lipinski definition) is 1. The second-order valence-corrected chi connectivity index (χ2v) is 5.05. The molecule has 1 aromatic carbocycles. The molecule has 0 atom stereocenters. The summed E-state index contributed by atoms with van der Waals surface area (Å²) in [7, 11) is 0. The average Bonchev–Trinajstić information content (AvgIpc) is 2.11. The van der Waals surface area contributed by atoms with Crippen LogP contribution in [0.15, 0.2) is 18.2 Å². The van der Waals surface area contributed by atoms with Crippen molar-refractivity contribution in [2.75, 3.05) is 6.54 Å². The molecule has 0 amide bonds. The molecule has 0 saturated carbocycles. The second kappa shape index (κ2) is 4.33. The molecular formula is C12H18ClN. The summed E-state index contributed by atoms with van der Waals surface area (Å²) in [6.07, 6.45) is 0.935. The fourth-order valence-corrected chi connectivity index (χ4v) is 1.61. The van der Waals surface area contributed by atoms with Gasteiger partial charge in [-0.05, 0) is 36.9 Å². The molecule has 1 nitrogen and oxygen atoms in total. The molecule has 0 heterocycles. The third kappa shape index (κ3) is 3.00. The second-order valence-electron chi connectivity index (χ2n) is 4.64. The maximum Gasteiger partial charge on any atom is 0.0438 e. The Balaban J connectivity index is 2.91. The minimum atomic E-state index is 0.122. The number of benzene rings is 1. The van der Waals surface area contributed by atoms with Crippen LogP contribution < -0.4 is 5.73 Å². The van der Waals surface area contributed by atoms with Crippen molar-refractivity contribution in [3.63, 3.8) is 0 Å². The Labute approximate surface area is 91.3 Å². The predicted molar refractivity (Wildman–Crippen MR) is 62.7 cm³/mol. The first-order valence-corrected chi connectivity index (χ1v) is 5.27. The molecule has 0 unspecified atom stereocenters. The van der Waals surface area contributed by atoms with Gasteiger partial charge in [0.2, 0.25) is 0 Å². The van der Waals surface area contributed by atoms with Crippen molar-refractivity contribution in [1.82, 2.24) is 0 Å². The fourth-order valence-electron chi connectivity index (χ4n) is 1.43. The van der Waals surface area contributed by atoms with Gasteiger partial charge < -0.3 is 5.73 Å². The topological polar surface area (TPSA) is 26.0 Å². The molecule has 2 N–H and O–H groups in total. The molecule has 0 bridgehead atoms. The van der Waals surface area contributed by atoms with Crippen LogP contribution in [0.2, 0.25) is 5.02 Å². The molecule has 0 radical (unpaired) electrons. The van der Waals surface area contributed by atoms with Crippen molar-refractivity contribution in [3.8, 4) is 0 Å². The van der Waals surface area contributed by atoms with Crippen LogP contribution >= 0.6 is 11.6 Å². The van der Waals surface area contributed by atoms with Gasteiger partial charge in [0.25, 0.3) is 0 Å². The summed E-state index contributed by atoms with van der Waals surface area (Å²) < 4.78 is 0. The molecular weight excluding hydrogens is 194 g/mol. The molecule has 0 aliphatic heterocycles. The normalized spacial score (nSPS) is 11.8. The Morgan fingerprint density at radius 2 is 2.00 bits per heavy atom. The third-order valence-corrected chi connectivity index (χ3v) is 2.79. The Bertz CT molecular complexity index is 318. The van der Waals surface area contributed by atoms with Crippen LogP contribution in [0, 0.1) is 12.3 Å². The molecule has 78 valence electrons. The standard InChI is InChI=1S/C12H18ClN/c1-9-4-5-11(13)10(6-9)7-12(2,3)8-14/h4-6H,7-8,14H2,1-3H3. The SMILES string of the molecule is Cc1ccc(Cl)c(CC(C)(C)CN)c1. The van der Waals surface area contributed by atoms with Crippen molar-refractivity contribution in [2.24, 2.45) is 11.1 Å². The Morgan fingerprint density at radius 1 is 1.36 bits per heavy atom. The van der Waals surface area contributed by atoms with E-state index in [1.807, 2.05) is 12.1 Å². The van der Waals surface area contributed by atoms with Crippen molar-refractivity contribution in [1.29, 1.82) is 0 Å².